The van der Waals surface area contributed by atoms with Crippen LogP contribution in [0.25, 0.3) is 0 Å². The molecule has 0 amide bonds. The summed E-state index contributed by atoms with van der Waals surface area (Å²) in [7, 11) is 0. The lowest BCUT2D eigenvalue weighted by atomic mass is 10.1. The van der Waals surface area contributed by atoms with Crippen LogP contribution in [0.2, 0.25) is 0 Å². The summed E-state index contributed by atoms with van der Waals surface area (Å²) in [6, 6.07) is 9.27. The molecule has 0 N–H and O–H groups in total. The number of piperazine rings is 1. The van der Waals surface area contributed by atoms with Crippen molar-refractivity contribution in [1.29, 1.82) is 0 Å². The van der Waals surface area contributed by atoms with Gasteiger partial charge in [0.15, 0.2) is 0 Å². The summed E-state index contributed by atoms with van der Waals surface area (Å²) in [5.41, 5.74) is 1.40. The molecule has 100 valence electrons. The zero-order valence-corrected chi connectivity index (χ0v) is 13.0. The van der Waals surface area contributed by atoms with Gasteiger partial charge in [-0.3, -0.25) is 9.80 Å². The van der Waals surface area contributed by atoms with Gasteiger partial charge in [-0.25, -0.2) is 0 Å². The first-order valence-electron chi connectivity index (χ1n) is 6.90. The number of nitrogens with zero attached hydrogens (tertiary/aromatic N) is 2. The van der Waals surface area contributed by atoms with Gasteiger partial charge < -0.3 is 0 Å². The smallest absolute Gasteiger partial charge is 0.0246 e. The van der Waals surface area contributed by atoms with Crippen molar-refractivity contribution >= 4 is 15.9 Å². The predicted molar refractivity (Wildman–Crippen MR) is 80.7 cm³/mol. The third-order valence-electron chi connectivity index (χ3n) is 3.97. The van der Waals surface area contributed by atoms with Crippen LogP contribution >= 0.6 is 15.9 Å². The van der Waals surface area contributed by atoms with Gasteiger partial charge in [0.25, 0.3) is 0 Å². The molecule has 1 aliphatic rings. The van der Waals surface area contributed by atoms with E-state index >= 15 is 0 Å². The summed E-state index contributed by atoms with van der Waals surface area (Å²) >= 11 is 3.63. The van der Waals surface area contributed by atoms with E-state index in [1.54, 1.807) is 0 Å². The quantitative estimate of drug-likeness (QED) is 0.841. The van der Waals surface area contributed by atoms with E-state index in [0.717, 1.165) is 12.6 Å². The minimum Gasteiger partial charge on any atom is -0.298 e. The van der Waals surface area contributed by atoms with Crippen LogP contribution in [0.4, 0.5) is 0 Å². The van der Waals surface area contributed by atoms with E-state index in [2.05, 4.69) is 63.8 Å². The van der Waals surface area contributed by atoms with Crippen LogP contribution in [0.1, 0.15) is 25.8 Å². The van der Waals surface area contributed by atoms with E-state index in [0.29, 0.717) is 0 Å². The number of rotatable bonds is 4. The Kier molecular flexibility index (Phi) is 5.22. The van der Waals surface area contributed by atoms with Crippen LogP contribution in [0.3, 0.4) is 0 Å². The molecular formula is C15H23BrN2. The summed E-state index contributed by atoms with van der Waals surface area (Å²) in [5, 5.41) is 0. The van der Waals surface area contributed by atoms with Crippen molar-refractivity contribution < 1.29 is 0 Å². The van der Waals surface area contributed by atoms with Crippen LogP contribution in [0, 0.1) is 0 Å². The molecule has 0 spiro atoms. The highest BCUT2D eigenvalue weighted by molar-refractivity contribution is 9.10. The molecule has 0 radical (unpaired) electrons. The van der Waals surface area contributed by atoms with Crippen molar-refractivity contribution in [3.8, 4) is 0 Å². The Bertz CT molecular complexity index is 373. The molecule has 1 aliphatic heterocycles. The van der Waals surface area contributed by atoms with Gasteiger partial charge in [-0.05, 0) is 25.0 Å². The normalized spacial score (nSPS) is 19.9. The SMILES string of the molecule is CCC(C)N1CCN(Cc2ccccc2Br)CC1. The minimum absolute atomic E-state index is 0.732. The van der Waals surface area contributed by atoms with Crippen LogP contribution in [-0.2, 0) is 6.54 Å². The fourth-order valence-electron chi connectivity index (χ4n) is 2.49. The Labute approximate surface area is 119 Å². The predicted octanol–water partition coefficient (Wildman–Crippen LogP) is 3.37. The fourth-order valence-corrected chi connectivity index (χ4v) is 2.90. The van der Waals surface area contributed by atoms with Crippen molar-refractivity contribution in [2.75, 3.05) is 26.2 Å². The highest BCUT2D eigenvalue weighted by Crippen LogP contribution is 2.19. The van der Waals surface area contributed by atoms with E-state index in [9.17, 15) is 0 Å². The lowest BCUT2D eigenvalue weighted by Crippen LogP contribution is -2.49. The second-order valence-corrected chi connectivity index (χ2v) is 6.02. The van der Waals surface area contributed by atoms with Crippen LogP contribution < -0.4 is 0 Å². The maximum absolute atomic E-state index is 3.63. The van der Waals surface area contributed by atoms with Crippen LogP contribution in [0.15, 0.2) is 28.7 Å². The molecule has 1 saturated heterocycles. The van der Waals surface area contributed by atoms with Crippen molar-refractivity contribution in [2.45, 2.75) is 32.9 Å². The minimum atomic E-state index is 0.732. The average Bonchev–Trinajstić information content (AvgIpc) is 2.41. The second-order valence-electron chi connectivity index (χ2n) is 5.16. The third-order valence-corrected chi connectivity index (χ3v) is 4.75. The van der Waals surface area contributed by atoms with Gasteiger partial charge in [-0.15, -0.1) is 0 Å². The van der Waals surface area contributed by atoms with Gasteiger partial charge in [-0.2, -0.15) is 0 Å². The Hall–Kier alpha value is -0.380. The van der Waals surface area contributed by atoms with Gasteiger partial charge in [-0.1, -0.05) is 41.1 Å². The highest BCUT2D eigenvalue weighted by atomic mass is 79.9. The zero-order chi connectivity index (χ0) is 13.0. The standard InChI is InChI=1S/C15H23BrN2/c1-3-13(2)18-10-8-17(9-11-18)12-14-6-4-5-7-15(14)16/h4-7,13H,3,8-12H2,1-2H3. The largest absolute Gasteiger partial charge is 0.298 e. The van der Waals surface area contributed by atoms with Gasteiger partial charge in [0.05, 0.1) is 0 Å². The van der Waals surface area contributed by atoms with Gasteiger partial charge in [0.2, 0.25) is 0 Å². The molecule has 0 bridgehead atoms. The average molecular weight is 311 g/mol. The molecule has 1 aromatic carbocycles. The molecule has 2 nitrogen and oxygen atoms in total. The maximum atomic E-state index is 3.63. The topological polar surface area (TPSA) is 6.48 Å². The second kappa shape index (κ2) is 6.69. The van der Waals surface area contributed by atoms with E-state index in [4.69, 9.17) is 0 Å². The maximum Gasteiger partial charge on any atom is 0.0246 e. The molecule has 0 aliphatic carbocycles. The monoisotopic (exact) mass is 310 g/mol. The van der Waals surface area contributed by atoms with Crippen molar-refractivity contribution in [2.24, 2.45) is 0 Å². The van der Waals surface area contributed by atoms with Gasteiger partial charge in [0.1, 0.15) is 0 Å². The first-order valence-corrected chi connectivity index (χ1v) is 7.69. The molecule has 2 rings (SSSR count). The van der Waals surface area contributed by atoms with Crippen molar-refractivity contribution in [3.05, 3.63) is 34.3 Å². The zero-order valence-electron chi connectivity index (χ0n) is 11.4. The van der Waals surface area contributed by atoms with Gasteiger partial charge >= 0.3 is 0 Å². The Morgan fingerprint density at radius 2 is 1.83 bits per heavy atom. The number of hydrogen-bond donors (Lipinski definition) is 0. The molecular weight excluding hydrogens is 288 g/mol. The molecule has 1 fully saturated rings. The number of hydrogen-bond acceptors (Lipinski definition) is 2. The summed E-state index contributed by atoms with van der Waals surface area (Å²) in [4.78, 5) is 5.16. The van der Waals surface area contributed by atoms with E-state index in [1.165, 1.54) is 42.6 Å². The van der Waals surface area contributed by atoms with Crippen molar-refractivity contribution in [3.63, 3.8) is 0 Å². The molecule has 0 aromatic heterocycles. The number of benzene rings is 1. The summed E-state index contributed by atoms with van der Waals surface area (Å²) < 4.78 is 1.23. The first kappa shape index (κ1) is 14.0. The summed E-state index contributed by atoms with van der Waals surface area (Å²) in [6.45, 7) is 10.5. The number of halogens is 1. The molecule has 0 saturated carbocycles. The van der Waals surface area contributed by atoms with E-state index < -0.39 is 0 Å². The first-order chi connectivity index (χ1) is 8.70. The summed E-state index contributed by atoms with van der Waals surface area (Å²) in [5.74, 6) is 0. The molecule has 1 heterocycles. The Balaban J connectivity index is 1.86. The fraction of sp³-hybridized carbons (Fsp3) is 0.600. The third kappa shape index (κ3) is 3.56. The van der Waals surface area contributed by atoms with E-state index in [-0.39, 0.29) is 0 Å². The lowest BCUT2D eigenvalue weighted by Gasteiger charge is -2.38. The van der Waals surface area contributed by atoms with Crippen LogP contribution in [0.5, 0.6) is 0 Å². The molecule has 18 heavy (non-hydrogen) atoms. The van der Waals surface area contributed by atoms with Crippen molar-refractivity contribution in [1.82, 2.24) is 9.80 Å². The Morgan fingerprint density at radius 1 is 1.17 bits per heavy atom. The van der Waals surface area contributed by atoms with Gasteiger partial charge in [0, 0.05) is 43.2 Å². The summed E-state index contributed by atoms with van der Waals surface area (Å²) in [6.07, 6.45) is 1.25. The lowest BCUT2D eigenvalue weighted by molar-refractivity contribution is 0.0962. The Morgan fingerprint density at radius 3 is 2.44 bits per heavy atom. The molecule has 1 unspecified atom stereocenters. The van der Waals surface area contributed by atoms with E-state index in [1.807, 2.05) is 0 Å². The molecule has 3 heteroatoms. The molecule has 1 aromatic rings. The highest BCUT2D eigenvalue weighted by Gasteiger charge is 2.20. The molecule has 1 atom stereocenters. The van der Waals surface area contributed by atoms with Crippen LogP contribution in [-0.4, -0.2) is 42.0 Å².